The molecule has 0 aliphatic rings. The summed E-state index contributed by atoms with van der Waals surface area (Å²) in [6, 6.07) is 5.13. The van der Waals surface area contributed by atoms with Crippen LogP contribution in [0.5, 0.6) is 0 Å². The van der Waals surface area contributed by atoms with E-state index in [1.165, 1.54) is 35.4 Å². The summed E-state index contributed by atoms with van der Waals surface area (Å²) in [4.78, 5) is 38.5. The zero-order valence-corrected chi connectivity index (χ0v) is 14.9. The first kappa shape index (κ1) is 20.5. The number of nitrogens with one attached hydrogen (secondary N) is 2. The van der Waals surface area contributed by atoms with E-state index < -0.39 is 46.4 Å². The number of nitro groups is 1. The molecule has 0 saturated carbocycles. The number of nitrogens with zero attached hydrogens (tertiary/aromatic N) is 3. The molecule has 0 atom stereocenters. The number of carbonyl (C=O) groups is 2. The van der Waals surface area contributed by atoms with Gasteiger partial charge in [-0.05, 0) is 24.3 Å². The molecule has 2 amide bonds. The van der Waals surface area contributed by atoms with Gasteiger partial charge in [-0.1, -0.05) is 0 Å². The fourth-order valence-corrected chi connectivity index (χ4v) is 2.51. The predicted octanol–water partition coefficient (Wildman–Crippen LogP) is 2.57. The smallest absolute Gasteiger partial charge is 0.294 e. The van der Waals surface area contributed by atoms with Crippen molar-refractivity contribution >= 4 is 23.2 Å². The molecule has 1 heterocycles. The van der Waals surface area contributed by atoms with Gasteiger partial charge in [0.2, 0.25) is 5.91 Å². The standard InChI is InChI=1S/C18H12F3N5O4/c19-11-2-3-12(17(21)16(11)20)24-15(27)8-23-18(28)10-1-4-13(14(7-10)26(29)30)25-6-5-22-9-25/h1-7,9H,8H2,(H,23,28)(H,24,27). The number of carbonyl (C=O) groups excluding carboxylic acids is 2. The Morgan fingerprint density at radius 3 is 2.57 bits per heavy atom. The first-order chi connectivity index (χ1) is 14.3. The zero-order valence-electron chi connectivity index (χ0n) is 14.9. The van der Waals surface area contributed by atoms with Crippen LogP contribution in [0.25, 0.3) is 5.69 Å². The van der Waals surface area contributed by atoms with Crippen molar-refractivity contribution in [3.8, 4) is 5.69 Å². The Morgan fingerprint density at radius 2 is 1.90 bits per heavy atom. The Bertz CT molecular complexity index is 1140. The fraction of sp³-hybridized carbons (Fsp3) is 0.0556. The summed E-state index contributed by atoms with van der Waals surface area (Å²) >= 11 is 0. The van der Waals surface area contributed by atoms with Crippen LogP contribution in [0.1, 0.15) is 10.4 Å². The van der Waals surface area contributed by atoms with Crippen molar-refractivity contribution in [2.45, 2.75) is 0 Å². The van der Waals surface area contributed by atoms with Crippen LogP contribution in [0, 0.1) is 27.6 Å². The molecule has 0 saturated heterocycles. The van der Waals surface area contributed by atoms with Gasteiger partial charge in [0.1, 0.15) is 5.69 Å². The van der Waals surface area contributed by atoms with Crippen LogP contribution >= 0.6 is 0 Å². The fourth-order valence-electron chi connectivity index (χ4n) is 2.51. The molecule has 3 aromatic rings. The second kappa shape index (κ2) is 8.43. The molecule has 154 valence electrons. The maximum absolute atomic E-state index is 13.6. The molecule has 30 heavy (non-hydrogen) atoms. The molecule has 0 aliphatic heterocycles. The molecular weight excluding hydrogens is 407 g/mol. The second-order valence-electron chi connectivity index (χ2n) is 5.88. The van der Waals surface area contributed by atoms with E-state index in [1.807, 2.05) is 5.32 Å². The molecule has 2 N–H and O–H groups in total. The third-order valence-corrected chi connectivity index (χ3v) is 3.94. The number of halogens is 3. The van der Waals surface area contributed by atoms with Gasteiger partial charge in [0.05, 0.1) is 23.5 Å². The van der Waals surface area contributed by atoms with Crippen molar-refractivity contribution in [1.82, 2.24) is 14.9 Å². The van der Waals surface area contributed by atoms with Crippen LogP contribution in [0.2, 0.25) is 0 Å². The van der Waals surface area contributed by atoms with Crippen LogP contribution in [0.3, 0.4) is 0 Å². The number of amides is 2. The van der Waals surface area contributed by atoms with Crippen LogP contribution in [-0.2, 0) is 4.79 Å². The lowest BCUT2D eigenvalue weighted by Gasteiger charge is -2.09. The lowest BCUT2D eigenvalue weighted by molar-refractivity contribution is -0.384. The van der Waals surface area contributed by atoms with Crippen molar-refractivity contribution < 1.29 is 27.7 Å². The highest BCUT2D eigenvalue weighted by molar-refractivity contribution is 6.00. The van der Waals surface area contributed by atoms with Crippen LogP contribution in [0.15, 0.2) is 49.1 Å². The number of nitro benzene ring substituents is 1. The molecule has 0 aliphatic carbocycles. The van der Waals surface area contributed by atoms with E-state index in [1.54, 1.807) is 0 Å². The third kappa shape index (κ3) is 4.27. The van der Waals surface area contributed by atoms with Gasteiger partial charge in [0.25, 0.3) is 11.6 Å². The normalized spacial score (nSPS) is 10.5. The maximum atomic E-state index is 13.6. The predicted molar refractivity (Wildman–Crippen MR) is 97.5 cm³/mol. The quantitative estimate of drug-likeness (QED) is 0.362. The molecule has 0 radical (unpaired) electrons. The molecule has 12 heteroatoms. The Kier molecular flexibility index (Phi) is 5.76. The van der Waals surface area contributed by atoms with E-state index in [4.69, 9.17) is 0 Å². The lowest BCUT2D eigenvalue weighted by Crippen LogP contribution is -2.33. The van der Waals surface area contributed by atoms with Crippen molar-refractivity contribution in [3.05, 3.63) is 82.2 Å². The third-order valence-electron chi connectivity index (χ3n) is 3.94. The summed E-state index contributed by atoms with van der Waals surface area (Å²) in [5.74, 6) is -6.48. The highest BCUT2D eigenvalue weighted by Gasteiger charge is 2.20. The van der Waals surface area contributed by atoms with Gasteiger partial charge in [0, 0.05) is 24.0 Å². The molecular formula is C18H12F3N5O4. The van der Waals surface area contributed by atoms with Gasteiger partial charge in [-0.2, -0.15) is 0 Å². The molecule has 0 unspecified atom stereocenters. The van der Waals surface area contributed by atoms with Crippen LogP contribution in [-0.4, -0.2) is 32.8 Å². The SMILES string of the molecule is O=C(CNC(=O)c1ccc(-n2ccnc2)c([N+](=O)[O-])c1)Nc1ccc(F)c(F)c1F. The topological polar surface area (TPSA) is 119 Å². The van der Waals surface area contributed by atoms with E-state index in [2.05, 4.69) is 10.3 Å². The minimum Gasteiger partial charge on any atom is -0.343 e. The van der Waals surface area contributed by atoms with E-state index in [9.17, 15) is 32.9 Å². The average Bonchev–Trinajstić information content (AvgIpc) is 3.26. The molecule has 3 rings (SSSR count). The number of hydrogen-bond acceptors (Lipinski definition) is 5. The lowest BCUT2D eigenvalue weighted by atomic mass is 10.1. The van der Waals surface area contributed by atoms with Crippen molar-refractivity contribution in [2.75, 3.05) is 11.9 Å². The summed E-state index contributed by atoms with van der Waals surface area (Å²) in [6.07, 6.45) is 4.27. The second-order valence-corrected chi connectivity index (χ2v) is 5.88. The van der Waals surface area contributed by atoms with Gasteiger partial charge in [-0.25, -0.2) is 18.2 Å². The molecule has 1 aromatic heterocycles. The summed E-state index contributed by atoms with van der Waals surface area (Å²) in [5.41, 5.74) is -0.889. The number of rotatable bonds is 6. The van der Waals surface area contributed by atoms with Crippen molar-refractivity contribution in [3.63, 3.8) is 0 Å². The Morgan fingerprint density at radius 1 is 1.13 bits per heavy atom. The monoisotopic (exact) mass is 419 g/mol. The van der Waals surface area contributed by atoms with Gasteiger partial charge in [-0.15, -0.1) is 0 Å². The summed E-state index contributed by atoms with van der Waals surface area (Å²) in [6.45, 7) is -0.645. The molecule has 0 fully saturated rings. The average molecular weight is 419 g/mol. The summed E-state index contributed by atoms with van der Waals surface area (Å²) in [5, 5.41) is 15.5. The Balaban J connectivity index is 1.69. The first-order valence-electron chi connectivity index (χ1n) is 8.26. The largest absolute Gasteiger partial charge is 0.343 e. The number of benzene rings is 2. The van der Waals surface area contributed by atoms with Crippen molar-refractivity contribution in [2.24, 2.45) is 0 Å². The summed E-state index contributed by atoms with van der Waals surface area (Å²) in [7, 11) is 0. The number of imidazole rings is 1. The van der Waals surface area contributed by atoms with Crippen molar-refractivity contribution in [1.29, 1.82) is 0 Å². The van der Waals surface area contributed by atoms with E-state index in [-0.39, 0.29) is 16.9 Å². The van der Waals surface area contributed by atoms with E-state index in [0.717, 1.165) is 12.1 Å². The van der Waals surface area contributed by atoms with Gasteiger partial charge >= 0.3 is 0 Å². The maximum Gasteiger partial charge on any atom is 0.294 e. The Labute approximate surface area is 166 Å². The van der Waals surface area contributed by atoms with Gasteiger partial charge < -0.3 is 15.2 Å². The summed E-state index contributed by atoms with van der Waals surface area (Å²) < 4.78 is 41.1. The van der Waals surface area contributed by atoms with E-state index in [0.29, 0.717) is 6.07 Å². The number of aromatic nitrogens is 2. The zero-order chi connectivity index (χ0) is 21.8. The molecule has 9 nitrogen and oxygen atoms in total. The van der Waals surface area contributed by atoms with Gasteiger partial charge in [-0.3, -0.25) is 19.7 Å². The highest BCUT2D eigenvalue weighted by atomic mass is 19.2. The highest BCUT2D eigenvalue weighted by Crippen LogP contribution is 2.24. The first-order valence-corrected chi connectivity index (χ1v) is 8.26. The minimum absolute atomic E-state index is 0.0997. The van der Waals surface area contributed by atoms with Gasteiger partial charge in [0.15, 0.2) is 17.5 Å². The van der Waals surface area contributed by atoms with E-state index >= 15 is 0 Å². The van der Waals surface area contributed by atoms with Crippen LogP contribution in [0.4, 0.5) is 24.5 Å². The minimum atomic E-state index is -1.75. The number of hydrogen-bond donors (Lipinski definition) is 2. The number of anilines is 1. The molecule has 0 bridgehead atoms. The molecule has 0 spiro atoms. The van der Waals surface area contributed by atoms with Crippen LogP contribution < -0.4 is 10.6 Å². The Hall–Kier alpha value is -4.22. The molecule has 2 aromatic carbocycles.